The summed E-state index contributed by atoms with van der Waals surface area (Å²) in [7, 11) is 5.43. The fraction of sp³-hybridized carbons (Fsp3) is 0.500. The summed E-state index contributed by atoms with van der Waals surface area (Å²) in [5.74, 6) is -0.0915. The monoisotopic (exact) mass is 240 g/mol. The van der Waals surface area contributed by atoms with E-state index in [-0.39, 0.29) is 16.8 Å². The first-order valence-electron chi connectivity index (χ1n) is 5.42. The number of unbranched alkanes of at least 4 members (excludes halogenated alkanes) is 3. The van der Waals surface area contributed by atoms with Crippen molar-refractivity contribution in [1.82, 2.24) is 0 Å². The molecule has 0 unspecified atom stereocenters. The number of halogens is 1. The summed E-state index contributed by atoms with van der Waals surface area (Å²) in [6.45, 7) is 2.72. The number of rotatable bonds is 6. The Morgan fingerprint density at radius 1 is 1.18 bits per heavy atom. The zero-order valence-corrected chi connectivity index (χ0v) is 10.0. The Labute approximate surface area is 103 Å². The Morgan fingerprint density at radius 2 is 1.88 bits per heavy atom. The molecule has 2 N–H and O–H groups in total. The van der Waals surface area contributed by atoms with Crippen LogP contribution < -0.4 is 10.2 Å². The van der Waals surface area contributed by atoms with Gasteiger partial charge < -0.3 is 11.0 Å². The first kappa shape index (κ1) is 18.3. The van der Waals surface area contributed by atoms with Gasteiger partial charge in [0.1, 0.15) is 0 Å². The molecule has 0 bridgehead atoms. The third-order valence-electron chi connectivity index (χ3n) is 2.21. The molecule has 0 aromatic heterocycles. The fourth-order valence-corrected chi connectivity index (χ4v) is 1.35. The summed E-state index contributed by atoms with van der Waals surface area (Å²) < 4.78 is 18.5. The summed E-state index contributed by atoms with van der Waals surface area (Å²) in [5, 5.41) is 0. The van der Waals surface area contributed by atoms with Crippen molar-refractivity contribution in [2.24, 2.45) is 0 Å². The molecule has 0 heterocycles. The van der Waals surface area contributed by atoms with Gasteiger partial charge in [0.05, 0.1) is 0 Å². The molecule has 0 aliphatic heterocycles. The van der Waals surface area contributed by atoms with Crippen LogP contribution in [-0.2, 0) is 0 Å². The molecule has 0 aliphatic carbocycles. The number of hydrogen-bond donors (Lipinski definition) is 0. The Balaban J connectivity index is 0. The van der Waals surface area contributed by atoms with Crippen molar-refractivity contribution >= 4 is 13.3 Å². The van der Waals surface area contributed by atoms with Gasteiger partial charge in [0.15, 0.2) is 0 Å². The molecular weight excluding hydrogens is 222 g/mol. The molecular formula is C12H18BFO3. The molecule has 0 saturated heterocycles. The molecule has 1 aromatic carbocycles. The summed E-state index contributed by atoms with van der Waals surface area (Å²) >= 11 is 0. The van der Waals surface area contributed by atoms with Crippen molar-refractivity contribution in [3.8, 4) is 5.75 Å². The van der Waals surface area contributed by atoms with E-state index in [9.17, 15) is 4.39 Å². The van der Waals surface area contributed by atoms with E-state index in [1.807, 2.05) is 0 Å². The second-order valence-corrected chi connectivity index (χ2v) is 3.60. The van der Waals surface area contributed by atoms with E-state index in [0.29, 0.717) is 17.8 Å². The van der Waals surface area contributed by atoms with E-state index < -0.39 is 0 Å². The van der Waals surface area contributed by atoms with E-state index in [2.05, 4.69) is 6.92 Å². The Hall–Kier alpha value is -1.07. The van der Waals surface area contributed by atoms with Gasteiger partial charge in [-0.15, -0.1) is 0 Å². The number of hydrogen-bond acceptors (Lipinski definition) is 3. The quantitative estimate of drug-likeness (QED) is 0.565. The zero-order valence-electron chi connectivity index (χ0n) is 10.0. The van der Waals surface area contributed by atoms with Crippen molar-refractivity contribution in [2.45, 2.75) is 32.6 Å². The maximum Gasteiger partial charge on any atom is -0.870 e. The van der Waals surface area contributed by atoms with Crippen molar-refractivity contribution < 1.29 is 20.1 Å². The van der Waals surface area contributed by atoms with E-state index in [1.165, 1.54) is 18.9 Å². The molecule has 5 heteroatoms. The first-order valence-corrected chi connectivity index (χ1v) is 5.42. The Bertz CT molecular complexity index is 308. The van der Waals surface area contributed by atoms with Gasteiger partial charge in [-0.3, -0.25) is 0 Å². The molecule has 3 nitrogen and oxygen atoms in total. The molecule has 0 aliphatic rings. The van der Waals surface area contributed by atoms with Crippen LogP contribution in [0.15, 0.2) is 18.2 Å². The average Bonchev–Trinajstić information content (AvgIpc) is 2.20. The van der Waals surface area contributed by atoms with Crippen LogP contribution in [0.3, 0.4) is 0 Å². The van der Waals surface area contributed by atoms with Crippen LogP contribution >= 0.6 is 0 Å². The predicted octanol–water partition coefficient (Wildman–Crippen LogP) is 2.22. The van der Waals surface area contributed by atoms with Gasteiger partial charge in [0, 0.05) is 0 Å². The van der Waals surface area contributed by atoms with Gasteiger partial charge in [-0.2, -0.15) is 0 Å². The minimum Gasteiger partial charge on any atom is -0.870 e. The van der Waals surface area contributed by atoms with Crippen LogP contribution in [0.4, 0.5) is 4.39 Å². The van der Waals surface area contributed by atoms with Crippen LogP contribution in [-0.4, -0.2) is 25.4 Å². The van der Waals surface area contributed by atoms with Crippen molar-refractivity contribution in [2.75, 3.05) is 6.61 Å². The molecule has 1 rings (SSSR count). The summed E-state index contributed by atoms with van der Waals surface area (Å²) in [6, 6.07) is 4.50. The number of benzene rings is 1. The smallest absolute Gasteiger partial charge is 0.870 e. The number of ether oxygens (including phenoxy) is 1. The van der Waals surface area contributed by atoms with Crippen LogP contribution in [0, 0.1) is 5.82 Å². The average molecular weight is 240 g/mol. The van der Waals surface area contributed by atoms with Crippen molar-refractivity contribution in [1.29, 1.82) is 0 Å². The Kier molecular flexibility index (Phi) is 10.9. The zero-order chi connectivity index (χ0) is 11.1. The second kappa shape index (κ2) is 10.1. The van der Waals surface area contributed by atoms with Gasteiger partial charge in [-0.1, -0.05) is 0 Å². The van der Waals surface area contributed by atoms with Crippen LogP contribution in [0.1, 0.15) is 32.6 Å². The molecule has 94 valence electrons. The first-order chi connectivity index (χ1) is 7.24. The van der Waals surface area contributed by atoms with Crippen molar-refractivity contribution in [3.63, 3.8) is 0 Å². The maximum atomic E-state index is 13.2. The molecule has 0 saturated carbocycles. The topological polar surface area (TPSA) is 69.2 Å². The minimum absolute atomic E-state index is 0. The van der Waals surface area contributed by atoms with Gasteiger partial charge in [-0.05, 0) is 0 Å². The molecule has 1 aromatic rings. The van der Waals surface area contributed by atoms with Crippen LogP contribution in [0.5, 0.6) is 5.75 Å². The van der Waals surface area contributed by atoms with Gasteiger partial charge >= 0.3 is 91.4 Å². The van der Waals surface area contributed by atoms with Gasteiger partial charge in [0.2, 0.25) is 0 Å². The molecule has 0 radical (unpaired) electrons. The normalized spacial score (nSPS) is 9.18. The standard InChI is InChI=1S/C12H16BFO.2H2O/c1-2-3-4-5-8-15-12-7-6-10(13)9-11(12)14;;/h6-7,9H,2-5,8H2,1H3;2*1H2/q+2;;/p-2. The molecule has 17 heavy (non-hydrogen) atoms. The Morgan fingerprint density at radius 3 is 2.47 bits per heavy atom. The predicted molar refractivity (Wildman–Crippen MR) is 65.3 cm³/mol. The summed E-state index contributed by atoms with van der Waals surface area (Å²) in [4.78, 5) is 0. The van der Waals surface area contributed by atoms with Crippen molar-refractivity contribution in [3.05, 3.63) is 24.0 Å². The van der Waals surface area contributed by atoms with E-state index >= 15 is 0 Å². The maximum absolute atomic E-state index is 13.2. The largest absolute Gasteiger partial charge is 0.870 e. The molecule has 0 spiro atoms. The van der Waals surface area contributed by atoms with E-state index in [0.717, 1.165) is 12.8 Å². The SMILES string of the molecule is [B+2]c1ccc(OCCCCCC)c(F)c1.[OH-].[OH-]. The second-order valence-electron chi connectivity index (χ2n) is 3.60. The third-order valence-corrected chi connectivity index (χ3v) is 2.21. The minimum atomic E-state index is -0.384. The van der Waals surface area contributed by atoms with E-state index in [4.69, 9.17) is 12.6 Å². The third kappa shape index (κ3) is 6.97. The van der Waals surface area contributed by atoms with E-state index in [1.54, 1.807) is 12.1 Å². The molecule has 0 fully saturated rings. The van der Waals surface area contributed by atoms with Crippen LogP contribution in [0.25, 0.3) is 0 Å². The molecule has 0 amide bonds. The summed E-state index contributed by atoms with van der Waals surface area (Å²) in [6.07, 6.45) is 4.49. The van der Waals surface area contributed by atoms with Crippen LogP contribution in [0.2, 0.25) is 0 Å². The van der Waals surface area contributed by atoms with Gasteiger partial charge in [0.25, 0.3) is 0 Å². The molecule has 0 atom stereocenters. The van der Waals surface area contributed by atoms with Gasteiger partial charge in [-0.25, -0.2) is 0 Å². The summed E-state index contributed by atoms with van der Waals surface area (Å²) in [5.41, 5.74) is 0.422. The fourth-order valence-electron chi connectivity index (χ4n) is 1.35.